The SMILES string of the molecule is O=C(CSc1ccc([N+](=O)[O-])cc1)N1CCOCC1. The Hall–Kier alpha value is -1.60. The van der Waals surface area contributed by atoms with E-state index in [2.05, 4.69) is 0 Å². The highest BCUT2D eigenvalue weighted by molar-refractivity contribution is 8.00. The minimum Gasteiger partial charge on any atom is -0.378 e. The molecule has 7 heteroatoms. The number of carbonyl (C=O) groups is 1. The second kappa shape index (κ2) is 6.53. The van der Waals surface area contributed by atoms with Crippen LogP contribution < -0.4 is 0 Å². The van der Waals surface area contributed by atoms with Crippen molar-refractivity contribution in [2.24, 2.45) is 0 Å². The van der Waals surface area contributed by atoms with Gasteiger partial charge in [-0.2, -0.15) is 0 Å². The molecule has 0 spiro atoms. The number of nitrogens with zero attached hydrogens (tertiary/aromatic N) is 2. The molecule has 1 aliphatic rings. The van der Waals surface area contributed by atoms with Gasteiger partial charge in [-0.05, 0) is 12.1 Å². The number of amides is 1. The maximum absolute atomic E-state index is 11.9. The fourth-order valence-electron chi connectivity index (χ4n) is 1.71. The van der Waals surface area contributed by atoms with E-state index in [1.54, 1.807) is 17.0 Å². The highest BCUT2D eigenvalue weighted by Crippen LogP contribution is 2.21. The van der Waals surface area contributed by atoms with E-state index in [1.807, 2.05) is 0 Å². The van der Waals surface area contributed by atoms with Crippen molar-refractivity contribution >= 4 is 23.4 Å². The van der Waals surface area contributed by atoms with E-state index in [0.29, 0.717) is 32.1 Å². The third-order valence-electron chi connectivity index (χ3n) is 2.77. The first-order valence-corrected chi connectivity index (χ1v) is 6.88. The molecule has 102 valence electrons. The number of hydrogen-bond donors (Lipinski definition) is 0. The second-order valence-corrected chi connectivity index (χ2v) is 5.08. The number of carbonyl (C=O) groups excluding carboxylic acids is 1. The summed E-state index contributed by atoms with van der Waals surface area (Å²) in [7, 11) is 0. The van der Waals surface area contributed by atoms with Crippen molar-refractivity contribution in [3.63, 3.8) is 0 Å². The van der Waals surface area contributed by atoms with Gasteiger partial charge in [0, 0.05) is 30.1 Å². The first kappa shape index (κ1) is 13.8. The Balaban J connectivity index is 1.84. The molecule has 0 aliphatic carbocycles. The lowest BCUT2D eigenvalue weighted by Crippen LogP contribution is -2.41. The molecule has 0 radical (unpaired) electrons. The lowest BCUT2D eigenvalue weighted by atomic mass is 10.3. The molecule has 1 aliphatic heterocycles. The van der Waals surface area contributed by atoms with Crippen LogP contribution in [0.15, 0.2) is 29.2 Å². The van der Waals surface area contributed by atoms with Crippen LogP contribution in [0.4, 0.5) is 5.69 Å². The Kier molecular flexibility index (Phi) is 4.75. The van der Waals surface area contributed by atoms with E-state index in [-0.39, 0.29) is 11.6 Å². The van der Waals surface area contributed by atoms with Gasteiger partial charge >= 0.3 is 0 Å². The standard InChI is InChI=1S/C12H14N2O4S/c15-12(13-5-7-18-8-6-13)9-19-11-3-1-10(2-4-11)14(16)17/h1-4H,5-9H2. The Morgan fingerprint density at radius 1 is 1.32 bits per heavy atom. The summed E-state index contributed by atoms with van der Waals surface area (Å²) in [6.45, 7) is 2.46. The van der Waals surface area contributed by atoms with Gasteiger partial charge in [0.25, 0.3) is 5.69 Å². The number of morpholine rings is 1. The zero-order valence-corrected chi connectivity index (χ0v) is 11.1. The van der Waals surface area contributed by atoms with Crippen molar-refractivity contribution in [1.82, 2.24) is 4.90 Å². The first-order chi connectivity index (χ1) is 9.16. The van der Waals surface area contributed by atoms with Crippen LogP contribution in [0, 0.1) is 10.1 Å². The number of benzene rings is 1. The van der Waals surface area contributed by atoms with E-state index in [4.69, 9.17) is 4.74 Å². The summed E-state index contributed by atoms with van der Waals surface area (Å²) in [4.78, 5) is 24.6. The molecule has 1 amide bonds. The number of hydrogen-bond acceptors (Lipinski definition) is 5. The van der Waals surface area contributed by atoms with Crippen molar-refractivity contribution in [2.75, 3.05) is 32.1 Å². The average molecular weight is 282 g/mol. The summed E-state index contributed by atoms with van der Waals surface area (Å²) >= 11 is 1.39. The van der Waals surface area contributed by atoms with Gasteiger partial charge in [0.1, 0.15) is 0 Å². The quantitative estimate of drug-likeness (QED) is 0.476. The number of ether oxygens (including phenoxy) is 1. The maximum atomic E-state index is 11.9. The summed E-state index contributed by atoms with van der Waals surface area (Å²) < 4.78 is 5.18. The van der Waals surface area contributed by atoms with Gasteiger partial charge in [0.15, 0.2) is 0 Å². The number of nitro benzene ring substituents is 1. The molecular formula is C12H14N2O4S. The summed E-state index contributed by atoms with van der Waals surface area (Å²) in [5.41, 5.74) is 0.0591. The van der Waals surface area contributed by atoms with Gasteiger partial charge in [-0.25, -0.2) is 0 Å². The first-order valence-electron chi connectivity index (χ1n) is 5.89. The number of rotatable bonds is 4. The molecule has 0 unspecified atom stereocenters. The third-order valence-corrected chi connectivity index (χ3v) is 3.77. The van der Waals surface area contributed by atoms with Crippen LogP contribution in [0.2, 0.25) is 0 Å². The minimum atomic E-state index is -0.437. The maximum Gasteiger partial charge on any atom is 0.269 e. The number of nitro groups is 1. The molecular weight excluding hydrogens is 268 g/mol. The summed E-state index contributed by atoms with van der Waals surface area (Å²) in [6.07, 6.45) is 0. The Morgan fingerprint density at radius 3 is 2.53 bits per heavy atom. The van der Waals surface area contributed by atoms with Crippen LogP contribution in [-0.2, 0) is 9.53 Å². The van der Waals surface area contributed by atoms with Crippen LogP contribution in [0.25, 0.3) is 0 Å². The summed E-state index contributed by atoms with van der Waals surface area (Å²) in [6, 6.07) is 6.22. The molecule has 1 saturated heterocycles. The molecule has 19 heavy (non-hydrogen) atoms. The van der Waals surface area contributed by atoms with E-state index in [1.165, 1.54) is 23.9 Å². The highest BCUT2D eigenvalue weighted by atomic mass is 32.2. The fraction of sp³-hybridized carbons (Fsp3) is 0.417. The number of non-ortho nitro benzene ring substituents is 1. The van der Waals surface area contributed by atoms with Crippen molar-refractivity contribution < 1.29 is 14.5 Å². The molecule has 1 fully saturated rings. The lowest BCUT2D eigenvalue weighted by Gasteiger charge is -2.26. The number of thioether (sulfide) groups is 1. The van der Waals surface area contributed by atoms with Gasteiger partial charge in [0.05, 0.1) is 23.9 Å². The molecule has 2 rings (SSSR count). The van der Waals surface area contributed by atoms with Crippen LogP contribution >= 0.6 is 11.8 Å². The minimum absolute atomic E-state index is 0.0591. The van der Waals surface area contributed by atoms with Gasteiger partial charge in [-0.3, -0.25) is 14.9 Å². The van der Waals surface area contributed by atoms with Gasteiger partial charge in [0.2, 0.25) is 5.91 Å². The second-order valence-electron chi connectivity index (χ2n) is 4.03. The predicted octanol–water partition coefficient (Wildman–Crippen LogP) is 1.55. The molecule has 0 N–H and O–H groups in total. The zero-order chi connectivity index (χ0) is 13.7. The van der Waals surface area contributed by atoms with Crippen molar-refractivity contribution in [2.45, 2.75) is 4.90 Å². The van der Waals surface area contributed by atoms with E-state index in [0.717, 1.165) is 4.90 Å². The Labute approximate surface area is 114 Å². The molecule has 6 nitrogen and oxygen atoms in total. The molecule has 0 atom stereocenters. The molecule has 0 aromatic heterocycles. The summed E-state index contributed by atoms with van der Waals surface area (Å²) in [5, 5.41) is 10.5. The van der Waals surface area contributed by atoms with Gasteiger partial charge in [-0.15, -0.1) is 11.8 Å². The van der Waals surface area contributed by atoms with E-state index in [9.17, 15) is 14.9 Å². The van der Waals surface area contributed by atoms with Crippen LogP contribution in [0.5, 0.6) is 0 Å². The molecule has 1 aromatic carbocycles. The monoisotopic (exact) mass is 282 g/mol. The van der Waals surface area contributed by atoms with Gasteiger partial charge < -0.3 is 9.64 Å². The van der Waals surface area contributed by atoms with E-state index < -0.39 is 4.92 Å². The van der Waals surface area contributed by atoms with Crippen LogP contribution in [0.3, 0.4) is 0 Å². The van der Waals surface area contributed by atoms with Crippen molar-refractivity contribution in [3.05, 3.63) is 34.4 Å². The zero-order valence-electron chi connectivity index (χ0n) is 10.3. The molecule has 1 heterocycles. The fourth-order valence-corrected chi connectivity index (χ4v) is 2.51. The molecule has 0 saturated carbocycles. The molecule has 0 bridgehead atoms. The highest BCUT2D eigenvalue weighted by Gasteiger charge is 2.16. The van der Waals surface area contributed by atoms with Crippen LogP contribution in [0.1, 0.15) is 0 Å². The predicted molar refractivity (Wildman–Crippen MR) is 71.2 cm³/mol. The Bertz CT molecular complexity index is 457. The topological polar surface area (TPSA) is 72.7 Å². The summed E-state index contributed by atoms with van der Waals surface area (Å²) in [5.74, 6) is 0.421. The third kappa shape index (κ3) is 3.93. The van der Waals surface area contributed by atoms with Crippen molar-refractivity contribution in [3.8, 4) is 0 Å². The largest absolute Gasteiger partial charge is 0.378 e. The normalized spacial score (nSPS) is 15.3. The molecule has 1 aromatic rings. The Morgan fingerprint density at radius 2 is 1.95 bits per heavy atom. The van der Waals surface area contributed by atoms with Gasteiger partial charge in [-0.1, -0.05) is 0 Å². The lowest BCUT2D eigenvalue weighted by molar-refractivity contribution is -0.384. The van der Waals surface area contributed by atoms with Crippen LogP contribution in [-0.4, -0.2) is 47.8 Å². The average Bonchev–Trinajstić information content (AvgIpc) is 2.46. The van der Waals surface area contributed by atoms with Crippen molar-refractivity contribution in [1.29, 1.82) is 0 Å². The smallest absolute Gasteiger partial charge is 0.269 e. The van der Waals surface area contributed by atoms with E-state index >= 15 is 0 Å².